The van der Waals surface area contributed by atoms with Gasteiger partial charge in [-0.25, -0.2) is 0 Å². The lowest BCUT2D eigenvalue weighted by atomic mass is 10.1. The predicted octanol–water partition coefficient (Wildman–Crippen LogP) is 2.24. The van der Waals surface area contributed by atoms with E-state index >= 15 is 0 Å². The Kier molecular flexibility index (Phi) is 7.27. The second-order valence-corrected chi connectivity index (χ2v) is 5.86. The molecule has 28 heavy (non-hydrogen) atoms. The standard InChI is InChI=1S/C20H20N2O6/c1-28-18(25)8-4-7-17(24)21-14-11-9-13(10-12-14)19(26)22-20(27)15-5-2-3-6-16(15)23/h2-3,5-6,9-12,23H,4,7-8H2,1H3,(H,21,24)(H,22,26,27). The number of hydrogen-bond donors (Lipinski definition) is 3. The molecule has 0 aliphatic heterocycles. The summed E-state index contributed by atoms with van der Waals surface area (Å²) in [5, 5.41) is 14.5. The zero-order valence-corrected chi connectivity index (χ0v) is 15.2. The topological polar surface area (TPSA) is 122 Å². The summed E-state index contributed by atoms with van der Waals surface area (Å²) in [5.74, 6) is -2.22. The highest BCUT2D eigenvalue weighted by atomic mass is 16.5. The summed E-state index contributed by atoms with van der Waals surface area (Å²) < 4.78 is 4.50. The van der Waals surface area contributed by atoms with Crippen LogP contribution in [0.3, 0.4) is 0 Å². The number of benzene rings is 2. The molecule has 0 unspecified atom stereocenters. The Morgan fingerprint density at radius 3 is 2.25 bits per heavy atom. The van der Waals surface area contributed by atoms with Crippen molar-refractivity contribution < 1.29 is 29.0 Å². The molecule has 0 aromatic heterocycles. The molecule has 0 radical (unpaired) electrons. The highest BCUT2D eigenvalue weighted by Gasteiger charge is 2.15. The molecule has 146 valence electrons. The number of anilines is 1. The largest absolute Gasteiger partial charge is 0.507 e. The van der Waals surface area contributed by atoms with Crippen molar-refractivity contribution in [1.29, 1.82) is 0 Å². The molecule has 3 amide bonds. The van der Waals surface area contributed by atoms with Crippen molar-refractivity contribution in [1.82, 2.24) is 5.32 Å². The lowest BCUT2D eigenvalue weighted by Crippen LogP contribution is -2.30. The minimum atomic E-state index is -0.717. The fourth-order valence-electron chi connectivity index (χ4n) is 2.33. The molecule has 8 heteroatoms. The van der Waals surface area contributed by atoms with Gasteiger partial charge in [0.25, 0.3) is 11.8 Å². The Hall–Kier alpha value is -3.68. The van der Waals surface area contributed by atoms with Gasteiger partial charge in [-0.2, -0.15) is 0 Å². The van der Waals surface area contributed by atoms with Gasteiger partial charge in [-0.15, -0.1) is 0 Å². The van der Waals surface area contributed by atoms with Crippen LogP contribution in [0.25, 0.3) is 0 Å². The smallest absolute Gasteiger partial charge is 0.305 e. The van der Waals surface area contributed by atoms with E-state index in [1.807, 2.05) is 0 Å². The van der Waals surface area contributed by atoms with Gasteiger partial charge in [-0.1, -0.05) is 12.1 Å². The molecule has 0 saturated carbocycles. The fraction of sp³-hybridized carbons (Fsp3) is 0.200. The molecule has 0 heterocycles. The summed E-state index contributed by atoms with van der Waals surface area (Å²) in [6, 6.07) is 11.8. The molecule has 2 rings (SSSR count). The molecule has 0 bridgehead atoms. The van der Waals surface area contributed by atoms with Gasteiger partial charge < -0.3 is 15.2 Å². The van der Waals surface area contributed by atoms with Crippen molar-refractivity contribution in [3.63, 3.8) is 0 Å². The normalized spacial score (nSPS) is 10.0. The zero-order chi connectivity index (χ0) is 20.5. The fourth-order valence-corrected chi connectivity index (χ4v) is 2.33. The maximum absolute atomic E-state index is 12.2. The summed E-state index contributed by atoms with van der Waals surface area (Å²) in [6.07, 6.45) is 0.688. The number of nitrogens with one attached hydrogen (secondary N) is 2. The minimum absolute atomic E-state index is 0.00770. The number of amides is 3. The third-order valence-electron chi connectivity index (χ3n) is 3.82. The number of imide groups is 1. The third kappa shape index (κ3) is 5.94. The number of phenols is 1. The number of para-hydroxylation sites is 1. The first-order valence-electron chi connectivity index (χ1n) is 8.51. The van der Waals surface area contributed by atoms with Crippen LogP contribution in [0, 0.1) is 0 Å². The first-order chi connectivity index (χ1) is 13.4. The maximum Gasteiger partial charge on any atom is 0.305 e. The van der Waals surface area contributed by atoms with E-state index in [4.69, 9.17) is 0 Å². The van der Waals surface area contributed by atoms with Gasteiger partial charge in [0.1, 0.15) is 5.75 Å². The number of carbonyl (C=O) groups excluding carboxylic acids is 4. The first kappa shape index (κ1) is 20.6. The summed E-state index contributed by atoms with van der Waals surface area (Å²) in [5.41, 5.74) is 0.686. The van der Waals surface area contributed by atoms with Crippen LogP contribution in [-0.4, -0.2) is 35.9 Å². The summed E-state index contributed by atoms with van der Waals surface area (Å²) in [4.78, 5) is 47.0. The van der Waals surface area contributed by atoms with Crippen LogP contribution in [0.15, 0.2) is 48.5 Å². The van der Waals surface area contributed by atoms with Crippen molar-refractivity contribution in [2.24, 2.45) is 0 Å². The van der Waals surface area contributed by atoms with Gasteiger partial charge in [-0.05, 0) is 42.8 Å². The van der Waals surface area contributed by atoms with Crippen LogP contribution in [0.5, 0.6) is 5.75 Å². The number of methoxy groups -OCH3 is 1. The molecular weight excluding hydrogens is 364 g/mol. The average Bonchev–Trinajstić information content (AvgIpc) is 2.68. The van der Waals surface area contributed by atoms with Gasteiger partial charge in [0.2, 0.25) is 5.91 Å². The van der Waals surface area contributed by atoms with Crippen LogP contribution in [-0.2, 0) is 14.3 Å². The van der Waals surface area contributed by atoms with E-state index in [1.165, 1.54) is 43.5 Å². The number of phenolic OH excluding ortho intramolecular Hbond substituents is 1. The predicted molar refractivity (Wildman–Crippen MR) is 101 cm³/mol. The Labute approximate surface area is 161 Å². The quantitative estimate of drug-likeness (QED) is 0.497. The molecule has 2 aromatic rings. The van der Waals surface area contributed by atoms with E-state index in [9.17, 15) is 24.3 Å². The third-order valence-corrected chi connectivity index (χ3v) is 3.82. The van der Waals surface area contributed by atoms with E-state index in [-0.39, 0.29) is 41.6 Å². The minimum Gasteiger partial charge on any atom is -0.507 e. The lowest BCUT2D eigenvalue weighted by Gasteiger charge is -2.08. The van der Waals surface area contributed by atoms with Gasteiger partial charge >= 0.3 is 5.97 Å². The molecule has 0 fully saturated rings. The molecule has 8 nitrogen and oxygen atoms in total. The van der Waals surface area contributed by atoms with Crippen molar-refractivity contribution in [3.8, 4) is 5.75 Å². The lowest BCUT2D eigenvalue weighted by molar-refractivity contribution is -0.140. The van der Waals surface area contributed by atoms with E-state index < -0.39 is 11.8 Å². The first-order valence-corrected chi connectivity index (χ1v) is 8.51. The second kappa shape index (κ2) is 9.86. The number of carbonyl (C=O) groups is 4. The molecule has 2 aromatic carbocycles. The molecule has 0 aliphatic carbocycles. The summed E-state index contributed by atoms with van der Waals surface area (Å²) in [6.45, 7) is 0. The van der Waals surface area contributed by atoms with Gasteiger partial charge in [0.05, 0.1) is 12.7 Å². The van der Waals surface area contributed by atoms with Crippen LogP contribution >= 0.6 is 0 Å². The molecule has 0 aliphatic rings. The molecular formula is C20H20N2O6. The molecule has 0 atom stereocenters. The van der Waals surface area contributed by atoms with Gasteiger partial charge in [0.15, 0.2) is 0 Å². The Balaban J connectivity index is 1.88. The number of rotatable bonds is 7. The Bertz CT molecular complexity index is 877. The van der Waals surface area contributed by atoms with Crippen molar-refractivity contribution >= 4 is 29.4 Å². The number of hydrogen-bond acceptors (Lipinski definition) is 6. The maximum atomic E-state index is 12.2. The summed E-state index contributed by atoms with van der Waals surface area (Å²) in [7, 11) is 1.29. The Morgan fingerprint density at radius 1 is 0.929 bits per heavy atom. The Morgan fingerprint density at radius 2 is 1.61 bits per heavy atom. The van der Waals surface area contributed by atoms with Gasteiger partial charge in [-0.3, -0.25) is 24.5 Å². The SMILES string of the molecule is COC(=O)CCCC(=O)Nc1ccc(C(=O)NC(=O)c2ccccc2O)cc1. The monoisotopic (exact) mass is 384 g/mol. The highest BCUT2D eigenvalue weighted by molar-refractivity contribution is 6.11. The van der Waals surface area contributed by atoms with Gasteiger partial charge in [0, 0.05) is 24.1 Å². The van der Waals surface area contributed by atoms with Crippen molar-refractivity contribution in [2.45, 2.75) is 19.3 Å². The summed E-state index contributed by atoms with van der Waals surface area (Å²) >= 11 is 0. The highest BCUT2D eigenvalue weighted by Crippen LogP contribution is 2.16. The van der Waals surface area contributed by atoms with E-state index in [1.54, 1.807) is 12.1 Å². The molecule has 3 N–H and O–H groups in total. The van der Waals surface area contributed by atoms with Crippen molar-refractivity contribution in [2.75, 3.05) is 12.4 Å². The average molecular weight is 384 g/mol. The van der Waals surface area contributed by atoms with Crippen LogP contribution < -0.4 is 10.6 Å². The van der Waals surface area contributed by atoms with Crippen LogP contribution in [0.2, 0.25) is 0 Å². The number of ether oxygens (including phenoxy) is 1. The number of esters is 1. The van der Waals surface area contributed by atoms with Crippen LogP contribution in [0.4, 0.5) is 5.69 Å². The van der Waals surface area contributed by atoms with E-state index in [0.717, 1.165) is 0 Å². The second-order valence-electron chi connectivity index (χ2n) is 5.86. The molecule has 0 spiro atoms. The van der Waals surface area contributed by atoms with E-state index in [2.05, 4.69) is 15.4 Å². The van der Waals surface area contributed by atoms with Crippen molar-refractivity contribution in [3.05, 3.63) is 59.7 Å². The molecule has 0 saturated heterocycles. The number of aromatic hydroxyl groups is 1. The van der Waals surface area contributed by atoms with E-state index in [0.29, 0.717) is 12.1 Å². The van der Waals surface area contributed by atoms with Crippen LogP contribution in [0.1, 0.15) is 40.0 Å². The zero-order valence-electron chi connectivity index (χ0n) is 15.2.